The van der Waals surface area contributed by atoms with Crippen molar-refractivity contribution in [2.45, 2.75) is 59.4 Å². The molecule has 2 N–H and O–H groups in total. The molecule has 1 aliphatic heterocycles. The maximum atomic E-state index is 7.94. The molecule has 0 amide bonds. The van der Waals surface area contributed by atoms with E-state index in [1.54, 1.807) is 0 Å². The normalized spacial score (nSPS) is 17.3. The Bertz CT molecular complexity index is 590. The van der Waals surface area contributed by atoms with E-state index in [2.05, 4.69) is 56.8 Å². The molecule has 0 bridgehead atoms. The summed E-state index contributed by atoms with van der Waals surface area (Å²) >= 11 is 0. The number of nitrogens with zero attached hydrogens (tertiary/aromatic N) is 1. The van der Waals surface area contributed by atoms with Crippen molar-refractivity contribution in [2.75, 3.05) is 0 Å². The van der Waals surface area contributed by atoms with Crippen molar-refractivity contribution in [1.29, 1.82) is 5.41 Å². The Morgan fingerprint density at radius 1 is 1.24 bits per heavy atom. The fraction of sp³-hybridized carbons (Fsp3) is 0.500. The van der Waals surface area contributed by atoms with Gasteiger partial charge in [0.15, 0.2) is 0 Å². The van der Waals surface area contributed by atoms with Gasteiger partial charge in [-0.25, -0.2) is 0 Å². The van der Waals surface area contributed by atoms with E-state index >= 15 is 0 Å². The molecule has 0 saturated carbocycles. The zero-order valence-corrected chi connectivity index (χ0v) is 13.9. The highest BCUT2D eigenvalue weighted by Crippen LogP contribution is 2.33. The van der Waals surface area contributed by atoms with Gasteiger partial charge in [-0.2, -0.15) is 0 Å². The zero-order valence-electron chi connectivity index (χ0n) is 13.9. The minimum atomic E-state index is 0.213. The number of rotatable bonds is 5. The first-order valence-corrected chi connectivity index (χ1v) is 7.91. The van der Waals surface area contributed by atoms with Gasteiger partial charge in [-0.1, -0.05) is 20.8 Å². The number of nitrogens with one attached hydrogen (secondary N) is 2. The van der Waals surface area contributed by atoms with Crippen molar-refractivity contribution < 1.29 is 0 Å². The van der Waals surface area contributed by atoms with E-state index in [0.29, 0.717) is 5.84 Å². The highest BCUT2D eigenvalue weighted by Gasteiger charge is 2.27. The smallest absolute Gasteiger partial charge is 0.129 e. The fourth-order valence-electron chi connectivity index (χ4n) is 3.39. The molecule has 2 heterocycles. The number of allylic oxidation sites excluding steroid dienone is 1. The van der Waals surface area contributed by atoms with Crippen molar-refractivity contribution in [1.82, 2.24) is 9.88 Å². The predicted octanol–water partition coefficient (Wildman–Crippen LogP) is 4.59. The van der Waals surface area contributed by atoms with Crippen LogP contribution in [0, 0.1) is 12.3 Å². The summed E-state index contributed by atoms with van der Waals surface area (Å²) in [5, 5.41) is 10.9. The maximum Gasteiger partial charge on any atom is 0.129 e. The van der Waals surface area contributed by atoms with Gasteiger partial charge in [0.2, 0.25) is 0 Å². The van der Waals surface area contributed by atoms with Crippen LogP contribution in [0.3, 0.4) is 0 Å². The summed E-state index contributed by atoms with van der Waals surface area (Å²) < 4.78 is 2.45. The van der Waals surface area contributed by atoms with Crippen molar-refractivity contribution >= 4 is 11.4 Å². The van der Waals surface area contributed by atoms with E-state index in [4.69, 9.17) is 5.41 Å². The van der Waals surface area contributed by atoms with E-state index in [1.165, 1.54) is 16.8 Å². The van der Waals surface area contributed by atoms with E-state index in [-0.39, 0.29) is 5.54 Å². The third-order valence-electron chi connectivity index (χ3n) is 5.08. The Kier molecular flexibility index (Phi) is 4.40. The van der Waals surface area contributed by atoms with Crippen LogP contribution in [0.2, 0.25) is 0 Å². The van der Waals surface area contributed by atoms with Crippen LogP contribution in [0.5, 0.6) is 0 Å². The third-order valence-corrected chi connectivity index (χ3v) is 5.08. The first kappa shape index (κ1) is 15.6. The van der Waals surface area contributed by atoms with Crippen LogP contribution in [0.25, 0.3) is 5.57 Å². The van der Waals surface area contributed by atoms with Gasteiger partial charge in [0.25, 0.3) is 0 Å². The Hall–Kier alpha value is -1.77. The molecule has 114 valence electrons. The van der Waals surface area contributed by atoms with Crippen LogP contribution >= 0.6 is 0 Å². The molecule has 0 radical (unpaired) electrons. The lowest BCUT2D eigenvalue weighted by molar-refractivity contribution is 0.247. The summed E-state index contributed by atoms with van der Waals surface area (Å²) in [5.41, 5.74) is 4.89. The highest BCUT2D eigenvalue weighted by atomic mass is 15.1. The Labute approximate surface area is 128 Å². The summed E-state index contributed by atoms with van der Waals surface area (Å²) in [6.45, 7) is 11.1. The quantitative estimate of drug-likeness (QED) is 0.816. The molecule has 1 aromatic rings. The number of hydrogen-bond donors (Lipinski definition) is 2. The van der Waals surface area contributed by atoms with Crippen LogP contribution in [0.1, 0.15) is 58.2 Å². The fourth-order valence-corrected chi connectivity index (χ4v) is 3.39. The van der Waals surface area contributed by atoms with E-state index in [1.807, 2.05) is 12.3 Å². The monoisotopic (exact) mass is 285 g/mol. The second-order valence-electron chi connectivity index (χ2n) is 5.92. The third kappa shape index (κ3) is 2.57. The van der Waals surface area contributed by atoms with Crippen LogP contribution < -0.4 is 5.32 Å². The van der Waals surface area contributed by atoms with Gasteiger partial charge in [0.1, 0.15) is 5.84 Å². The number of hydrogen-bond acceptors (Lipinski definition) is 1. The lowest BCUT2D eigenvalue weighted by atomic mass is 9.89. The summed E-state index contributed by atoms with van der Waals surface area (Å²) in [4.78, 5) is 0. The minimum Gasteiger partial charge on any atom is -0.347 e. The molecule has 0 atom stereocenters. The summed E-state index contributed by atoms with van der Waals surface area (Å²) in [5.74, 6) is 0.491. The SMILES string of the molecule is CCC(CC)(CC)n1cc(/C(C)=C2\C=CNC2=N)cc1C. The van der Waals surface area contributed by atoms with Crippen LogP contribution in [-0.2, 0) is 5.54 Å². The number of aromatic nitrogens is 1. The molecule has 0 fully saturated rings. The molecule has 3 heteroatoms. The highest BCUT2D eigenvalue weighted by molar-refractivity contribution is 6.07. The standard InChI is InChI=1S/C18H27N3/c1-6-18(7-2,8-3)21-12-15(11-13(21)4)14(5)16-9-10-20-17(16)19/h9-12H,6-8H2,1-5H3,(H2,19,20)/b16-14+. The van der Waals surface area contributed by atoms with E-state index < -0.39 is 0 Å². The second-order valence-corrected chi connectivity index (χ2v) is 5.92. The molecule has 21 heavy (non-hydrogen) atoms. The first-order valence-electron chi connectivity index (χ1n) is 7.91. The Balaban J connectivity index is 2.49. The second kappa shape index (κ2) is 5.92. The molecular weight excluding hydrogens is 258 g/mol. The molecule has 0 spiro atoms. The molecular formula is C18H27N3. The molecule has 0 saturated heterocycles. The van der Waals surface area contributed by atoms with Crippen molar-refractivity contribution in [2.24, 2.45) is 0 Å². The topological polar surface area (TPSA) is 40.8 Å². The van der Waals surface area contributed by atoms with Gasteiger partial charge in [0.05, 0.1) is 0 Å². The number of amidine groups is 1. The molecule has 1 aliphatic rings. The maximum absolute atomic E-state index is 7.94. The van der Waals surface area contributed by atoms with Crippen LogP contribution in [-0.4, -0.2) is 10.4 Å². The summed E-state index contributed by atoms with van der Waals surface area (Å²) in [6.07, 6.45) is 9.51. The molecule has 0 aromatic carbocycles. The van der Waals surface area contributed by atoms with Gasteiger partial charge < -0.3 is 9.88 Å². The van der Waals surface area contributed by atoms with Gasteiger partial charge in [0, 0.05) is 29.2 Å². The average Bonchev–Trinajstić information content (AvgIpc) is 3.08. The minimum absolute atomic E-state index is 0.213. The van der Waals surface area contributed by atoms with E-state index in [0.717, 1.165) is 24.8 Å². The predicted molar refractivity (Wildman–Crippen MR) is 90.6 cm³/mol. The zero-order chi connectivity index (χ0) is 15.6. The van der Waals surface area contributed by atoms with Gasteiger partial charge in [-0.05, 0) is 56.4 Å². The molecule has 0 unspecified atom stereocenters. The number of aryl methyl sites for hydroxylation is 1. The van der Waals surface area contributed by atoms with Crippen molar-refractivity contribution in [3.8, 4) is 0 Å². The average molecular weight is 285 g/mol. The molecule has 0 aliphatic carbocycles. The van der Waals surface area contributed by atoms with Crippen molar-refractivity contribution in [3.05, 3.63) is 41.4 Å². The van der Waals surface area contributed by atoms with Gasteiger partial charge in [-0.15, -0.1) is 0 Å². The Morgan fingerprint density at radius 3 is 2.33 bits per heavy atom. The molecule has 3 nitrogen and oxygen atoms in total. The van der Waals surface area contributed by atoms with Crippen LogP contribution in [0.15, 0.2) is 30.1 Å². The summed E-state index contributed by atoms with van der Waals surface area (Å²) in [6, 6.07) is 2.25. The van der Waals surface area contributed by atoms with Crippen molar-refractivity contribution in [3.63, 3.8) is 0 Å². The van der Waals surface area contributed by atoms with Gasteiger partial charge in [-0.3, -0.25) is 5.41 Å². The molecule has 1 aromatic heterocycles. The lowest BCUT2D eigenvalue weighted by Gasteiger charge is -2.34. The largest absolute Gasteiger partial charge is 0.347 e. The first-order chi connectivity index (χ1) is 9.99. The molecule has 2 rings (SSSR count). The Morgan fingerprint density at radius 2 is 1.86 bits per heavy atom. The van der Waals surface area contributed by atoms with Crippen LogP contribution in [0.4, 0.5) is 0 Å². The van der Waals surface area contributed by atoms with E-state index in [9.17, 15) is 0 Å². The lowest BCUT2D eigenvalue weighted by Crippen LogP contribution is -2.31. The van der Waals surface area contributed by atoms with Gasteiger partial charge >= 0.3 is 0 Å². The summed E-state index contributed by atoms with van der Waals surface area (Å²) in [7, 11) is 0.